The van der Waals surface area contributed by atoms with E-state index in [0.29, 0.717) is 30.4 Å². The van der Waals surface area contributed by atoms with E-state index in [1.807, 2.05) is 13.8 Å². The molecule has 0 aliphatic carbocycles. The second-order valence-corrected chi connectivity index (χ2v) is 5.50. The average Bonchev–Trinajstić information content (AvgIpc) is 3.15. The summed E-state index contributed by atoms with van der Waals surface area (Å²) >= 11 is 0. The normalized spacial score (nSPS) is 17.3. The lowest BCUT2D eigenvalue weighted by Gasteiger charge is -2.17. The van der Waals surface area contributed by atoms with E-state index in [2.05, 4.69) is 20.4 Å². The van der Waals surface area contributed by atoms with E-state index < -0.39 is 0 Å². The first-order chi connectivity index (χ1) is 11.1. The lowest BCUT2D eigenvalue weighted by atomic mass is 10.2. The molecule has 1 fully saturated rings. The summed E-state index contributed by atoms with van der Waals surface area (Å²) < 4.78 is 10.7. The second-order valence-electron chi connectivity index (χ2n) is 5.50. The van der Waals surface area contributed by atoms with Gasteiger partial charge in [0.15, 0.2) is 0 Å². The van der Waals surface area contributed by atoms with Crippen molar-refractivity contribution in [3.63, 3.8) is 0 Å². The molecule has 23 heavy (non-hydrogen) atoms. The molecular weight excluding hydrogens is 298 g/mol. The fourth-order valence-electron chi connectivity index (χ4n) is 2.68. The van der Waals surface area contributed by atoms with Gasteiger partial charge in [0.2, 0.25) is 11.8 Å². The number of rotatable bonds is 4. The Morgan fingerprint density at radius 1 is 1.30 bits per heavy atom. The second kappa shape index (κ2) is 6.23. The van der Waals surface area contributed by atoms with Gasteiger partial charge >= 0.3 is 0 Å². The van der Waals surface area contributed by atoms with Crippen LogP contribution in [0, 0.1) is 13.8 Å². The topological polar surface area (TPSA) is 93.2 Å². The summed E-state index contributed by atoms with van der Waals surface area (Å²) in [4.78, 5) is 14.4. The molecule has 1 aliphatic heterocycles. The third kappa shape index (κ3) is 3.10. The number of H-pyrrole nitrogens is 1. The molecule has 1 atom stereocenters. The number of nitrogens with one attached hydrogen (secondary N) is 1. The number of carbonyl (C=O) groups is 1. The molecule has 0 radical (unpaired) electrons. The number of aromatic amines is 1. The fourth-order valence-corrected chi connectivity index (χ4v) is 2.68. The van der Waals surface area contributed by atoms with Crippen LogP contribution in [0.2, 0.25) is 0 Å². The molecule has 0 saturated carbocycles. The van der Waals surface area contributed by atoms with Crippen LogP contribution in [0.25, 0.3) is 0 Å². The van der Waals surface area contributed by atoms with E-state index in [0.717, 1.165) is 17.8 Å². The molecule has 1 amide bonds. The Kier molecular flexibility index (Phi) is 4.14. The van der Waals surface area contributed by atoms with Gasteiger partial charge in [0.05, 0.1) is 24.9 Å². The van der Waals surface area contributed by atoms with Crippen molar-refractivity contribution in [2.24, 2.45) is 0 Å². The van der Waals surface area contributed by atoms with E-state index >= 15 is 0 Å². The maximum absolute atomic E-state index is 12.6. The molecule has 8 nitrogen and oxygen atoms in total. The first-order valence-electron chi connectivity index (χ1n) is 7.43. The highest BCUT2D eigenvalue weighted by Gasteiger charge is 2.30. The number of ether oxygens (including phenoxy) is 2. The minimum atomic E-state index is -0.0887. The van der Waals surface area contributed by atoms with E-state index in [1.54, 1.807) is 17.0 Å². The van der Waals surface area contributed by atoms with Crippen molar-refractivity contribution in [3.8, 4) is 11.8 Å². The van der Waals surface area contributed by atoms with Crippen molar-refractivity contribution >= 4 is 5.91 Å². The molecule has 3 rings (SSSR count). The van der Waals surface area contributed by atoms with Crippen molar-refractivity contribution < 1.29 is 14.3 Å². The Labute approximate surface area is 133 Å². The van der Waals surface area contributed by atoms with Gasteiger partial charge in [-0.15, -0.1) is 10.2 Å². The highest BCUT2D eigenvalue weighted by atomic mass is 16.5. The van der Waals surface area contributed by atoms with E-state index in [4.69, 9.17) is 9.47 Å². The standard InChI is InChI=1S/C15H19N5O3/c1-9-14(10(2)17-16-9)15(21)20-7-6-11(8-20)23-13-5-4-12(22-3)18-19-13/h4-5,11H,6-8H2,1-3H3,(H,16,17)/t11-/m0/s1. The SMILES string of the molecule is COc1ccc(O[C@H]2CCN(C(=O)c3c(C)n[nH]c3C)C2)nn1. The average molecular weight is 317 g/mol. The third-order valence-electron chi connectivity index (χ3n) is 3.89. The van der Waals surface area contributed by atoms with E-state index in [1.165, 1.54) is 7.11 Å². The van der Waals surface area contributed by atoms with Crippen molar-refractivity contribution in [2.75, 3.05) is 20.2 Å². The molecule has 0 unspecified atom stereocenters. The number of carbonyl (C=O) groups excluding carboxylic acids is 1. The number of amides is 1. The van der Waals surface area contributed by atoms with Crippen LogP contribution in [0.15, 0.2) is 12.1 Å². The fraction of sp³-hybridized carbons (Fsp3) is 0.467. The predicted octanol–water partition coefficient (Wildman–Crippen LogP) is 1.12. The van der Waals surface area contributed by atoms with Crippen molar-refractivity contribution in [2.45, 2.75) is 26.4 Å². The summed E-state index contributed by atoms with van der Waals surface area (Å²) in [5.74, 6) is 0.855. The maximum atomic E-state index is 12.6. The minimum absolute atomic E-state index is 0.0133. The summed E-state index contributed by atoms with van der Waals surface area (Å²) in [5, 5.41) is 14.7. The molecule has 0 bridgehead atoms. The molecule has 3 heterocycles. The summed E-state index contributed by atoms with van der Waals surface area (Å²) in [5.41, 5.74) is 2.16. The van der Waals surface area contributed by atoms with Crippen LogP contribution in [0.1, 0.15) is 28.2 Å². The molecule has 1 N–H and O–H groups in total. The van der Waals surface area contributed by atoms with Crippen LogP contribution in [-0.2, 0) is 0 Å². The number of hydrogen-bond acceptors (Lipinski definition) is 6. The number of hydrogen-bond donors (Lipinski definition) is 1. The minimum Gasteiger partial charge on any atom is -0.480 e. The molecule has 8 heteroatoms. The first kappa shape index (κ1) is 15.3. The van der Waals surface area contributed by atoms with Crippen molar-refractivity contribution in [1.29, 1.82) is 0 Å². The van der Waals surface area contributed by atoms with Crippen LogP contribution in [0.3, 0.4) is 0 Å². The molecular formula is C15H19N5O3. The number of nitrogens with zero attached hydrogens (tertiary/aromatic N) is 4. The quantitative estimate of drug-likeness (QED) is 0.908. The van der Waals surface area contributed by atoms with E-state index in [-0.39, 0.29) is 12.0 Å². The predicted molar refractivity (Wildman–Crippen MR) is 81.6 cm³/mol. The summed E-state index contributed by atoms with van der Waals surface area (Å²) in [6.07, 6.45) is 0.671. The lowest BCUT2D eigenvalue weighted by Crippen LogP contribution is -2.31. The lowest BCUT2D eigenvalue weighted by molar-refractivity contribution is 0.0769. The Balaban J connectivity index is 1.63. The summed E-state index contributed by atoms with van der Waals surface area (Å²) in [6.45, 7) is 4.85. The zero-order valence-electron chi connectivity index (χ0n) is 13.4. The largest absolute Gasteiger partial charge is 0.480 e. The molecule has 2 aromatic rings. The highest BCUT2D eigenvalue weighted by molar-refractivity contribution is 5.96. The molecule has 0 spiro atoms. The third-order valence-corrected chi connectivity index (χ3v) is 3.89. The van der Waals surface area contributed by atoms with Gasteiger partial charge in [-0.2, -0.15) is 5.10 Å². The zero-order chi connectivity index (χ0) is 16.4. The highest BCUT2D eigenvalue weighted by Crippen LogP contribution is 2.21. The van der Waals surface area contributed by atoms with Gasteiger partial charge < -0.3 is 14.4 Å². The number of likely N-dealkylation sites (tertiary alicyclic amines) is 1. The van der Waals surface area contributed by atoms with Crippen molar-refractivity contribution in [3.05, 3.63) is 29.1 Å². The van der Waals surface area contributed by atoms with Crippen LogP contribution < -0.4 is 9.47 Å². The smallest absolute Gasteiger partial charge is 0.257 e. The van der Waals surface area contributed by atoms with Crippen LogP contribution >= 0.6 is 0 Å². The molecule has 1 aliphatic rings. The monoisotopic (exact) mass is 317 g/mol. The van der Waals surface area contributed by atoms with Gasteiger partial charge in [-0.1, -0.05) is 0 Å². The van der Waals surface area contributed by atoms with Gasteiger partial charge in [-0.3, -0.25) is 9.89 Å². The van der Waals surface area contributed by atoms with Gasteiger partial charge in [-0.05, 0) is 13.8 Å². The first-order valence-corrected chi connectivity index (χ1v) is 7.43. The summed E-state index contributed by atoms with van der Waals surface area (Å²) in [7, 11) is 1.53. The molecule has 0 aromatic carbocycles. The Morgan fingerprint density at radius 3 is 2.65 bits per heavy atom. The van der Waals surface area contributed by atoms with Gasteiger partial charge in [0.25, 0.3) is 5.91 Å². The maximum Gasteiger partial charge on any atom is 0.257 e. The Morgan fingerprint density at radius 2 is 2.04 bits per heavy atom. The zero-order valence-corrected chi connectivity index (χ0v) is 13.4. The van der Waals surface area contributed by atoms with Crippen molar-refractivity contribution in [1.82, 2.24) is 25.3 Å². The Bertz CT molecular complexity index is 678. The molecule has 1 saturated heterocycles. The van der Waals surface area contributed by atoms with Crippen LogP contribution in [-0.4, -0.2) is 57.5 Å². The van der Waals surface area contributed by atoms with E-state index in [9.17, 15) is 4.79 Å². The number of aromatic nitrogens is 4. The van der Waals surface area contributed by atoms with Crippen LogP contribution in [0.5, 0.6) is 11.8 Å². The molecule has 122 valence electrons. The summed E-state index contributed by atoms with van der Waals surface area (Å²) in [6, 6.07) is 3.40. The Hall–Kier alpha value is -2.64. The van der Waals surface area contributed by atoms with Gasteiger partial charge in [0.1, 0.15) is 6.10 Å². The van der Waals surface area contributed by atoms with Gasteiger partial charge in [0, 0.05) is 30.8 Å². The van der Waals surface area contributed by atoms with Gasteiger partial charge in [-0.25, -0.2) is 0 Å². The van der Waals surface area contributed by atoms with Crippen LogP contribution in [0.4, 0.5) is 0 Å². The molecule has 2 aromatic heterocycles. The number of methoxy groups -OCH3 is 1. The number of aryl methyl sites for hydroxylation is 2.